The van der Waals surface area contributed by atoms with Crippen molar-refractivity contribution in [2.24, 2.45) is 0 Å². The molecule has 20 heavy (non-hydrogen) atoms. The zero-order valence-electron chi connectivity index (χ0n) is 10.2. The van der Waals surface area contributed by atoms with E-state index < -0.39 is 11.8 Å². The fourth-order valence-electron chi connectivity index (χ4n) is 1.57. The third-order valence-corrected chi connectivity index (χ3v) is 3.20. The lowest BCUT2D eigenvalue weighted by molar-refractivity contribution is 0.0473. The minimum Gasteiger partial charge on any atom is -0.457 e. The van der Waals surface area contributed by atoms with Gasteiger partial charge in [0.1, 0.15) is 12.4 Å². The van der Waals surface area contributed by atoms with Crippen LogP contribution < -0.4 is 5.73 Å². The number of anilines is 1. The van der Waals surface area contributed by atoms with Crippen molar-refractivity contribution in [3.05, 3.63) is 63.4 Å². The molecule has 2 aromatic carbocycles. The summed E-state index contributed by atoms with van der Waals surface area (Å²) in [5.74, 6) is -1.27. The van der Waals surface area contributed by atoms with E-state index in [1.807, 2.05) is 0 Å². The number of hydrogen-bond donors (Lipinski definition) is 1. The van der Waals surface area contributed by atoms with Crippen LogP contribution in [0.2, 0.25) is 10.0 Å². The maximum absolute atomic E-state index is 13.1. The van der Waals surface area contributed by atoms with Crippen molar-refractivity contribution >= 4 is 34.9 Å². The monoisotopic (exact) mass is 313 g/mol. The Hall–Kier alpha value is -1.78. The van der Waals surface area contributed by atoms with Gasteiger partial charge in [-0.25, -0.2) is 9.18 Å². The Morgan fingerprint density at radius 3 is 2.65 bits per heavy atom. The second-order valence-corrected chi connectivity index (χ2v) is 4.89. The van der Waals surface area contributed by atoms with Gasteiger partial charge in [-0.15, -0.1) is 0 Å². The lowest BCUT2D eigenvalue weighted by Crippen LogP contribution is -2.09. The van der Waals surface area contributed by atoms with Gasteiger partial charge < -0.3 is 10.5 Å². The van der Waals surface area contributed by atoms with Crippen LogP contribution in [0.1, 0.15) is 15.9 Å². The molecule has 2 aromatic rings. The number of carbonyl (C=O) groups is 1. The topological polar surface area (TPSA) is 52.3 Å². The zero-order valence-corrected chi connectivity index (χ0v) is 11.7. The molecular formula is C14H10Cl2FNO2. The van der Waals surface area contributed by atoms with Crippen LogP contribution in [0.3, 0.4) is 0 Å². The second-order valence-electron chi connectivity index (χ2n) is 4.04. The molecule has 0 spiro atoms. The van der Waals surface area contributed by atoms with Crippen LogP contribution in [-0.2, 0) is 11.3 Å². The number of nitrogen functional groups attached to an aromatic ring is 1. The molecule has 0 bridgehead atoms. The molecule has 0 fully saturated rings. The average Bonchev–Trinajstić information content (AvgIpc) is 2.40. The van der Waals surface area contributed by atoms with Crippen molar-refractivity contribution in [2.45, 2.75) is 6.61 Å². The molecule has 0 aliphatic carbocycles. The van der Waals surface area contributed by atoms with Crippen LogP contribution in [0.15, 0.2) is 36.4 Å². The summed E-state index contributed by atoms with van der Waals surface area (Å²) >= 11 is 11.7. The fourth-order valence-corrected chi connectivity index (χ4v) is 2.03. The van der Waals surface area contributed by atoms with Crippen molar-refractivity contribution in [1.29, 1.82) is 0 Å². The van der Waals surface area contributed by atoms with Crippen molar-refractivity contribution in [1.82, 2.24) is 0 Å². The Bertz CT molecular complexity index is 662. The first-order valence-corrected chi connectivity index (χ1v) is 6.39. The van der Waals surface area contributed by atoms with Gasteiger partial charge in [0.05, 0.1) is 5.56 Å². The molecule has 0 aromatic heterocycles. The highest BCUT2D eigenvalue weighted by Crippen LogP contribution is 2.22. The lowest BCUT2D eigenvalue weighted by atomic mass is 10.2. The normalized spacial score (nSPS) is 10.3. The number of benzene rings is 2. The molecular weight excluding hydrogens is 304 g/mol. The summed E-state index contributed by atoms with van der Waals surface area (Å²) in [6.45, 7) is -0.0508. The Morgan fingerprint density at radius 1 is 1.20 bits per heavy atom. The molecule has 0 saturated heterocycles. The van der Waals surface area contributed by atoms with E-state index in [0.29, 0.717) is 15.6 Å². The summed E-state index contributed by atoms with van der Waals surface area (Å²) in [4.78, 5) is 11.8. The second kappa shape index (κ2) is 6.11. The van der Waals surface area contributed by atoms with E-state index in [-0.39, 0.29) is 17.9 Å². The molecule has 0 saturated carbocycles. The van der Waals surface area contributed by atoms with Crippen LogP contribution in [0.4, 0.5) is 10.1 Å². The summed E-state index contributed by atoms with van der Waals surface area (Å²) in [7, 11) is 0. The van der Waals surface area contributed by atoms with E-state index in [1.165, 1.54) is 12.1 Å². The predicted octanol–water partition coefficient (Wildman–Crippen LogP) is 4.07. The third-order valence-electron chi connectivity index (χ3n) is 2.61. The van der Waals surface area contributed by atoms with E-state index in [2.05, 4.69) is 0 Å². The highest BCUT2D eigenvalue weighted by molar-refractivity contribution is 6.35. The maximum Gasteiger partial charge on any atom is 0.340 e. The third kappa shape index (κ3) is 3.40. The first-order valence-electron chi connectivity index (χ1n) is 5.63. The van der Waals surface area contributed by atoms with E-state index >= 15 is 0 Å². The molecule has 0 aliphatic rings. The smallest absolute Gasteiger partial charge is 0.340 e. The summed E-state index contributed by atoms with van der Waals surface area (Å²) in [6.07, 6.45) is 0. The Balaban J connectivity index is 2.10. The fraction of sp³-hybridized carbons (Fsp3) is 0.0714. The van der Waals surface area contributed by atoms with Crippen LogP contribution in [-0.4, -0.2) is 5.97 Å². The Morgan fingerprint density at radius 2 is 1.95 bits per heavy atom. The Kier molecular flexibility index (Phi) is 4.47. The molecule has 3 nitrogen and oxygen atoms in total. The van der Waals surface area contributed by atoms with E-state index in [1.54, 1.807) is 18.2 Å². The minimum atomic E-state index is -0.715. The largest absolute Gasteiger partial charge is 0.457 e. The lowest BCUT2D eigenvalue weighted by Gasteiger charge is -2.08. The molecule has 0 aliphatic heterocycles. The number of esters is 1. The van der Waals surface area contributed by atoms with E-state index in [0.717, 1.165) is 6.07 Å². The molecule has 0 heterocycles. The SMILES string of the molecule is Nc1ccc(F)cc1C(=O)OCc1ccc(Cl)cc1Cl. The molecule has 0 unspecified atom stereocenters. The van der Waals surface area contributed by atoms with Gasteiger partial charge in [0.15, 0.2) is 0 Å². The van der Waals surface area contributed by atoms with E-state index in [9.17, 15) is 9.18 Å². The van der Waals surface area contributed by atoms with Gasteiger partial charge in [-0.05, 0) is 30.3 Å². The van der Waals surface area contributed by atoms with Crippen molar-refractivity contribution in [2.75, 3.05) is 5.73 Å². The van der Waals surface area contributed by atoms with Crippen LogP contribution in [0, 0.1) is 5.82 Å². The quantitative estimate of drug-likeness (QED) is 0.686. The standard InChI is InChI=1S/C14H10Cl2FNO2/c15-9-2-1-8(12(16)5-9)7-20-14(19)11-6-10(17)3-4-13(11)18/h1-6H,7,18H2. The molecule has 6 heteroatoms. The van der Waals surface area contributed by atoms with Crippen LogP contribution in [0.25, 0.3) is 0 Å². The summed E-state index contributed by atoms with van der Waals surface area (Å²) < 4.78 is 18.1. The number of nitrogens with two attached hydrogens (primary N) is 1. The first-order chi connectivity index (χ1) is 9.47. The molecule has 2 rings (SSSR count). The summed E-state index contributed by atoms with van der Waals surface area (Å²) in [5, 5.41) is 0.872. The van der Waals surface area contributed by atoms with Crippen molar-refractivity contribution in [3.8, 4) is 0 Å². The average molecular weight is 314 g/mol. The van der Waals surface area contributed by atoms with Gasteiger partial charge in [-0.2, -0.15) is 0 Å². The number of carbonyl (C=O) groups excluding carboxylic acids is 1. The van der Waals surface area contributed by atoms with Gasteiger partial charge in [0.2, 0.25) is 0 Å². The molecule has 0 amide bonds. The Labute approximate surface area is 125 Å². The van der Waals surface area contributed by atoms with Crippen LogP contribution in [0.5, 0.6) is 0 Å². The number of ether oxygens (including phenoxy) is 1. The highest BCUT2D eigenvalue weighted by Gasteiger charge is 2.13. The molecule has 104 valence electrons. The highest BCUT2D eigenvalue weighted by atomic mass is 35.5. The zero-order chi connectivity index (χ0) is 14.7. The van der Waals surface area contributed by atoms with Crippen LogP contribution >= 0.6 is 23.2 Å². The van der Waals surface area contributed by atoms with Crippen molar-refractivity contribution < 1.29 is 13.9 Å². The molecule has 0 radical (unpaired) electrons. The minimum absolute atomic E-state index is 0.0184. The first kappa shape index (κ1) is 14.6. The van der Waals surface area contributed by atoms with Gasteiger partial charge in [0, 0.05) is 21.3 Å². The number of halogens is 3. The number of rotatable bonds is 3. The number of hydrogen-bond acceptors (Lipinski definition) is 3. The van der Waals surface area contributed by atoms with Gasteiger partial charge >= 0.3 is 5.97 Å². The van der Waals surface area contributed by atoms with Gasteiger partial charge in [-0.3, -0.25) is 0 Å². The maximum atomic E-state index is 13.1. The molecule has 0 atom stereocenters. The summed E-state index contributed by atoms with van der Waals surface area (Å²) in [6, 6.07) is 8.33. The summed E-state index contributed by atoms with van der Waals surface area (Å²) in [5.41, 5.74) is 6.33. The molecule has 2 N–H and O–H groups in total. The predicted molar refractivity (Wildman–Crippen MR) is 76.4 cm³/mol. The van der Waals surface area contributed by atoms with Crippen molar-refractivity contribution in [3.63, 3.8) is 0 Å². The van der Waals surface area contributed by atoms with Gasteiger partial charge in [-0.1, -0.05) is 29.3 Å². The van der Waals surface area contributed by atoms with E-state index in [4.69, 9.17) is 33.7 Å². The van der Waals surface area contributed by atoms with Gasteiger partial charge in [0.25, 0.3) is 0 Å².